The van der Waals surface area contributed by atoms with Crippen LogP contribution in [0.3, 0.4) is 0 Å². The minimum absolute atomic E-state index is 0.146. The molecule has 0 fully saturated rings. The lowest BCUT2D eigenvalue weighted by atomic mass is 10.1. The van der Waals surface area contributed by atoms with Crippen LogP contribution in [-0.2, 0) is 10.0 Å². The number of halogens is 2. The number of hydrogen-bond donors (Lipinski definition) is 2. The summed E-state index contributed by atoms with van der Waals surface area (Å²) in [5, 5.41) is 0. The second kappa shape index (κ2) is 6.48. The van der Waals surface area contributed by atoms with Crippen LogP contribution in [0.4, 0.5) is 5.69 Å². The van der Waals surface area contributed by atoms with E-state index in [-0.39, 0.29) is 10.9 Å². The smallest absolute Gasteiger partial charge is 0.241 e. The van der Waals surface area contributed by atoms with Gasteiger partial charge in [-0.15, -0.1) is 0 Å². The van der Waals surface area contributed by atoms with Gasteiger partial charge in [-0.25, -0.2) is 13.1 Å². The first-order chi connectivity index (χ1) is 9.79. The molecule has 0 bridgehead atoms. The number of benzene rings is 2. The van der Waals surface area contributed by atoms with Crippen LogP contribution >= 0.6 is 31.9 Å². The van der Waals surface area contributed by atoms with E-state index in [0.717, 1.165) is 10.0 Å². The van der Waals surface area contributed by atoms with E-state index in [0.29, 0.717) is 10.2 Å². The van der Waals surface area contributed by atoms with Gasteiger partial charge < -0.3 is 5.73 Å². The van der Waals surface area contributed by atoms with Crippen molar-refractivity contribution in [2.75, 3.05) is 5.73 Å². The minimum Gasteiger partial charge on any atom is -0.398 e. The Kier molecular flexibility index (Phi) is 5.08. The summed E-state index contributed by atoms with van der Waals surface area (Å²) in [7, 11) is -3.62. The zero-order valence-electron chi connectivity index (χ0n) is 11.2. The van der Waals surface area contributed by atoms with Crippen LogP contribution in [0.2, 0.25) is 0 Å². The summed E-state index contributed by atoms with van der Waals surface area (Å²) < 4.78 is 29.0. The van der Waals surface area contributed by atoms with Gasteiger partial charge in [-0.05, 0) is 58.7 Å². The Hall–Kier alpha value is -0.890. The van der Waals surface area contributed by atoms with Crippen molar-refractivity contribution < 1.29 is 8.42 Å². The van der Waals surface area contributed by atoms with E-state index in [2.05, 4.69) is 36.6 Å². The lowest BCUT2D eigenvalue weighted by Crippen LogP contribution is -2.27. The van der Waals surface area contributed by atoms with Crippen molar-refractivity contribution in [3.8, 4) is 0 Å². The number of nitrogen functional groups attached to an aromatic ring is 1. The van der Waals surface area contributed by atoms with Gasteiger partial charge in [0, 0.05) is 20.7 Å². The fourth-order valence-corrected chi connectivity index (χ4v) is 3.59. The average Bonchev–Trinajstić information content (AvgIpc) is 2.42. The molecule has 0 saturated heterocycles. The van der Waals surface area contributed by atoms with Gasteiger partial charge in [0.05, 0.1) is 4.90 Å². The normalized spacial score (nSPS) is 13.1. The van der Waals surface area contributed by atoms with Crippen molar-refractivity contribution in [3.05, 3.63) is 57.0 Å². The predicted molar refractivity (Wildman–Crippen MR) is 91.4 cm³/mol. The van der Waals surface area contributed by atoms with Gasteiger partial charge in [-0.2, -0.15) is 0 Å². The maximum Gasteiger partial charge on any atom is 0.241 e. The lowest BCUT2D eigenvalue weighted by Gasteiger charge is -2.15. The molecule has 0 aromatic heterocycles. The summed E-state index contributed by atoms with van der Waals surface area (Å²) >= 11 is 6.60. The molecule has 0 heterocycles. The third kappa shape index (κ3) is 4.06. The Morgan fingerprint density at radius 3 is 2.29 bits per heavy atom. The highest BCUT2D eigenvalue weighted by molar-refractivity contribution is 9.10. The minimum atomic E-state index is -3.62. The van der Waals surface area contributed by atoms with E-state index >= 15 is 0 Å². The molecule has 3 N–H and O–H groups in total. The Labute approximate surface area is 141 Å². The van der Waals surface area contributed by atoms with Gasteiger partial charge in [0.25, 0.3) is 0 Å². The standard InChI is InChI=1S/C14H14Br2N2O2S/c1-9(10-2-4-11(15)5-3-10)18-21(19,20)12-6-7-13(16)14(17)8-12/h2-9,18H,17H2,1H3/t9-/m1/s1. The van der Waals surface area contributed by atoms with E-state index < -0.39 is 10.0 Å². The highest BCUT2D eigenvalue weighted by atomic mass is 79.9. The summed E-state index contributed by atoms with van der Waals surface area (Å²) in [6.07, 6.45) is 0. The second-order valence-electron chi connectivity index (χ2n) is 4.58. The van der Waals surface area contributed by atoms with Crippen LogP contribution < -0.4 is 10.5 Å². The Balaban J connectivity index is 2.24. The molecule has 7 heteroatoms. The summed E-state index contributed by atoms with van der Waals surface area (Å²) in [6.45, 7) is 1.79. The van der Waals surface area contributed by atoms with Crippen molar-refractivity contribution in [3.63, 3.8) is 0 Å². The highest BCUT2D eigenvalue weighted by Crippen LogP contribution is 2.24. The zero-order valence-corrected chi connectivity index (χ0v) is 15.2. The van der Waals surface area contributed by atoms with Gasteiger partial charge in [0.15, 0.2) is 0 Å². The predicted octanol–water partition coefficient (Wildman–Crippen LogP) is 3.83. The maximum atomic E-state index is 12.4. The number of anilines is 1. The molecule has 0 aliphatic rings. The molecule has 2 aromatic carbocycles. The molecule has 0 radical (unpaired) electrons. The van der Waals surface area contributed by atoms with Gasteiger partial charge in [-0.1, -0.05) is 28.1 Å². The van der Waals surface area contributed by atoms with Crippen LogP contribution in [0.25, 0.3) is 0 Å². The molecule has 2 aromatic rings. The Morgan fingerprint density at radius 2 is 1.71 bits per heavy atom. The van der Waals surface area contributed by atoms with E-state index in [1.165, 1.54) is 12.1 Å². The molecule has 4 nitrogen and oxygen atoms in total. The van der Waals surface area contributed by atoms with Crippen LogP contribution in [0.1, 0.15) is 18.5 Å². The number of rotatable bonds is 4. The number of nitrogens with one attached hydrogen (secondary N) is 1. The van der Waals surface area contributed by atoms with Crippen molar-refractivity contribution in [1.82, 2.24) is 4.72 Å². The number of sulfonamides is 1. The third-order valence-electron chi connectivity index (χ3n) is 2.98. The van der Waals surface area contributed by atoms with Crippen LogP contribution in [0, 0.1) is 0 Å². The Bertz CT molecular complexity index is 746. The molecule has 0 aliphatic heterocycles. The SMILES string of the molecule is C[C@@H](NS(=O)(=O)c1ccc(Br)c(N)c1)c1ccc(Br)cc1. The first-order valence-corrected chi connectivity index (χ1v) is 9.19. The summed E-state index contributed by atoms with van der Waals surface area (Å²) in [6, 6.07) is 11.7. The van der Waals surface area contributed by atoms with Gasteiger partial charge in [0.1, 0.15) is 0 Å². The van der Waals surface area contributed by atoms with Crippen molar-refractivity contribution in [1.29, 1.82) is 0 Å². The van der Waals surface area contributed by atoms with Crippen LogP contribution in [-0.4, -0.2) is 8.42 Å². The largest absolute Gasteiger partial charge is 0.398 e. The van der Waals surface area contributed by atoms with E-state index in [1.54, 1.807) is 13.0 Å². The quantitative estimate of drug-likeness (QED) is 0.719. The van der Waals surface area contributed by atoms with E-state index in [1.807, 2.05) is 24.3 Å². The molecule has 0 unspecified atom stereocenters. The third-order valence-corrected chi connectivity index (χ3v) is 5.77. The van der Waals surface area contributed by atoms with Gasteiger partial charge in [0.2, 0.25) is 10.0 Å². The van der Waals surface area contributed by atoms with Crippen molar-refractivity contribution in [2.24, 2.45) is 0 Å². The fraction of sp³-hybridized carbons (Fsp3) is 0.143. The van der Waals surface area contributed by atoms with Gasteiger partial charge >= 0.3 is 0 Å². The lowest BCUT2D eigenvalue weighted by molar-refractivity contribution is 0.567. The number of nitrogens with two attached hydrogens (primary N) is 1. The van der Waals surface area contributed by atoms with Crippen LogP contribution in [0.5, 0.6) is 0 Å². The van der Waals surface area contributed by atoms with E-state index in [4.69, 9.17) is 5.73 Å². The summed E-state index contributed by atoms with van der Waals surface area (Å²) in [4.78, 5) is 0.146. The highest BCUT2D eigenvalue weighted by Gasteiger charge is 2.19. The average molecular weight is 434 g/mol. The first kappa shape index (κ1) is 16.5. The fourth-order valence-electron chi connectivity index (χ4n) is 1.81. The van der Waals surface area contributed by atoms with E-state index in [9.17, 15) is 8.42 Å². The van der Waals surface area contributed by atoms with Crippen LogP contribution in [0.15, 0.2) is 56.3 Å². The maximum absolute atomic E-state index is 12.4. The molecule has 112 valence electrons. The zero-order chi connectivity index (χ0) is 15.6. The molecule has 1 atom stereocenters. The Morgan fingerprint density at radius 1 is 1.10 bits per heavy atom. The molecule has 0 saturated carbocycles. The molecule has 0 amide bonds. The number of hydrogen-bond acceptors (Lipinski definition) is 3. The van der Waals surface area contributed by atoms with Gasteiger partial charge in [-0.3, -0.25) is 0 Å². The second-order valence-corrected chi connectivity index (χ2v) is 8.06. The summed E-state index contributed by atoms with van der Waals surface area (Å²) in [5.41, 5.74) is 7.00. The summed E-state index contributed by atoms with van der Waals surface area (Å²) in [5.74, 6) is 0. The topological polar surface area (TPSA) is 72.2 Å². The van der Waals surface area contributed by atoms with Crippen molar-refractivity contribution >= 4 is 47.6 Å². The first-order valence-electron chi connectivity index (χ1n) is 6.12. The molecular weight excluding hydrogens is 420 g/mol. The molecule has 0 spiro atoms. The molecule has 0 aliphatic carbocycles. The van der Waals surface area contributed by atoms with Crippen molar-refractivity contribution in [2.45, 2.75) is 17.9 Å². The molecule has 2 rings (SSSR count). The molecular formula is C14H14Br2N2O2S. The monoisotopic (exact) mass is 432 g/mol. The molecule has 21 heavy (non-hydrogen) atoms.